The van der Waals surface area contributed by atoms with Crippen LogP contribution in [0.1, 0.15) is 36.8 Å². The zero-order valence-corrected chi connectivity index (χ0v) is 33.6. The van der Waals surface area contributed by atoms with Gasteiger partial charge in [0.1, 0.15) is 23.1 Å². The summed E-state index contributed by atoms with van der Waals surface area (Å²) in [6.07, 6.45) is 4.01. The van der Waals surface area contributed by atoms with Crippen molar-refractivity contribution >= 4 is 67.9 Å². The van der Waals surface area contributed by atoms with Gasteiger partial charge in [0, 0.05) is 49.8 Å². The Morgan fingerprint density at radius 3 is 1.85 bits per heavy atom. The van der Waals surface area contributed by atoms with Gasteiger partial charge in [-0.25, -0.2) is 27.5 Å². The summed E-state index contributed by atoms with van der Waals surface area (Å²) in [4.78, 5) is 37.9. The number of aryl methyl sites for hydroxylation is 4. The Kier molecular flexibility index (Phi) is 13.8. The van der Waals surface area contributed by atoms with Crippen LogP contribution in [0.25, 0.3) is 21.8 Å². The van der Waals surface area contributed by atoms with E-state index in [1.165, 1.54) is 48.1 Å². The van der Waals surface area contributed by atoms with Gasteiger partial charge in [-0.1, -0.05) is 12.1 Å². The second-order valence-corrected chi connectivity index (χ2v) is 14.4. The third kappa shape index (κ3) is 10.9. The number of anilines is 1. The van der Waals surface area contributed by atoms with Gasteiger partial charge < -0.3 is 20.1 Å². The standard InChI is InChI=1S/C24H25F3N4O2S.C18H14FN3O2S/c1-33-18-4-2-15(20(25)13-18)8-11-31-14-28-21-12-17(3-5-19(21)22(31)32)30-23(34)29-16-6-9-24(26,27)10-7-16;1-24-14-4-2-12(16(19)9-14)6-7-22-10-20-17-8-13(21-11-25)3-5-15(17)18(22)23/h2-5,12-14,16H,6-11H2,1H3,(H2,29,30,34);2-5,8-10H,6-7H2,1H3. The monoisotopic (exact) mass is 845 g/mol. The average Bonchev–Trinajstić information content (AvgIpc) is 3.22. The van der Waals surface area contributed by atoms with Crippen LogP contribution in [0.15, 0.2) is 100 Å². The molecule has 1 fully saturated rings. The molecule has 7 rings (SSSR count). The van der Waals surface area contributed by atoms with Crippen LogP contribution in [-0.4, -0.2) is 55.6 Å². The molecule has 2 N–H and O–H groups in total. The van der Waals surface area contributed by atoms with Gasteiger partial charge in [0.25, 0.3) is 11.1 Å². The number of nitrogens with zero attached hydrogens (tertiary/aromatic N) is 5. The molecule has 4 aromatic carbocycles. The van der Waals surface area contributed by atoms with Crippen LogP contribution in [0.5, 0.6) is 11.5 Å². The van der Waals surface area contributed by atoms with Gasteiger partial charge in [0.2, 0.25) is 5.92 Å². The van der Waals surface area contributed by atoms with Crippen LogP contribution in [0.3, 0.4) is 0 Å². The summed E-state index contributed by atoms with van der Waals surface area (Å²) in [6.45, 7) is 0.602. The third-order valence-electron chi connectivity index (χ3n) is 9.88. The molecule has 0 radical (unpaired) electrons. The second-order valence-electron chi connectivity index (χ2n) is 13.8. The Hall–Kier alpha value is -6.03. The Morgan fingerprint density at radius 2 is 1.34 bits per heavy atom. The lowest BCUT2D eigenvalue weighted by molar-refractivity contribution is -0.0389. The number of aromatic nitrogens is 4. The van der Waals surface area contributed by atoms with E-state index in [-0.39, 0.29) is 48.2 Å². The van der Waals surface area contributed by atoms with Crippen molar-refractivity contribution in [2.24, 2.45) is 4.99 Å². The fraction of sp³-hybridized carbons (Fsp3) is 0.286. The van der Waals surface area contributed by atoms with E-state index >= 15 is 0 Å². The third-order valence-corrected chi connectivity index (χ3v) is 10.2. The van der Waals surface area contributed by atoms with Gasteiger partial charge in [-0.2, -0.15) is 4.99 Å². The minimum absolute atomic E-state index is 0.0963. The number of thiocarbonyl (C=S) groups is 2. The van der Waals surface area contributed by atoms with Crippen LogP contribution >= 0.6 is 24.4 Å². The van der Waals surface area contributed by atoms with Crippen molar-refractivity contribution < 1.29 is 27.0 Å². The predicted molar refractivity (Wildman–Crippen MR) is 227 cm³/mol. The minimum atomic E-state index is -2.59. The van der Waals surface area contributed by atoms with Crippen LogP contribution < -0.4 is 31.2 Å². The molecule has 11 nitrogen and oxygen atoms in total. The first-order chi connectivity index (χ1) is 28.4. The highest BCUT2D eigenvalue weighted by atomic mass is 32.1. The molecule has 0 spiro atoms. The maximum Gasteiger partial charge on any atom is 0.261 e. The van der Waals surface area contributed by atoms with Gasteiger partial charge in [-0.05, 0) is 110 Å². The van der Waals surface area contributed by atoms with E-state index in [4.69, 9.17) is 21.7 Å². The molecule has 1 saturated carbocycles. The SMILES string of the molecule is COc1ccc(CCn2cnc3cc(N=C=S)ccc3c2=O)c(F)c1.COc1ccc(CCn2cnc3cc(NC(=S)NC4CCC(F)(F)CC4)ccc3c2=O)c(F)c1. The predicted octanol–water partition coefficient (Wildman–Crippen LogP) is 8.17. The number of benzene rings is 4. The number of rotatable bonds is 11. The number of isothiocyanates is 1. The molecule has 2 heterocycles. The summed E-state index contributed by atoms with van der Waals surface area (Å²) in [5.41, 5.74) is 2.83. The van der Waals surface area contributed by atoms with Gasteiger partial charge in [-0.3, -0.25) is 18.7 Å². The molecule has 2 aromatic heterocycles. The molecule has 17 heteroatoms. The minimum Gasteiger partial charge on any atom is -0.497 e. The quantitative estimate of drug-likeness (QED) is 0.0750. The maximum atomic E-state index is 14.2. The van der Waals surface area contributed by atoms with E-state index in [0.717, 1.165) is 0 Å². The Labute approximate surface area is 346 Å². The van der Waals surface area contributed by atoms with Crippen molar-refractivity contribution in [2.75, 3.05) is 19.5 Å². The summed E-state index contributed by atoms with van der Waals surface area (Å²) < 4.78 is 67.7. The Morgan fingerprint density at radius 1 is 0.814 bits per heavy atom. The number of nitrogens with one attached hydrogen (secondary N) is 2. The summed E-state index contributed by atoms with van der Waals surface area (Å²) in [6, 6.07) is 19.3. The number of hydrogen-bond acceptors (Lipinski definition) is 9. The Balaban J connectivity index is 0.000000208. The highest BCUT2D eigenvalue weighted by molar-refractivity contribution is 7.80. The lowest BCUT2D eigenvalue weighted by atomic mass is 9.92. The first-order valence-corrected chi connectivity index (χ1v) is 19.3. The van der Waals surface area contributed by atoms with Gasteiger partial charge in [0.05, 0.1) is 59.5 Å². The number of fused-ring (bicyclic) bond motifs is 2. The van der Waals surface area contributed by atoms with Crippen molar-refractivity contribution in [3.05, 3.63) is 129 Å². The molecule has 59 heavy (non-hydrogen) atoms. The zero-order chi connectivity index (χ0) is 42.1. The van der Waals surface area contributed by atoms with E-state index < -0.39 is 5.92 Å². The van der Waals surface area contributed by atoms with E-state index in [9.17, 15) is 27.2 Å². The number of alkyl halides is 2. The summed E-state index contributed by atoms with van der Waals surface area (Å²) in [5.74, 6) is -2.44. The normalized spacial score (nSPS) is 13.5. The number of ether oxygens (including phenoxy) is 2. The van der Waals surface area contributed by atoms with Gasteiger partial charge >= 0.3 is 0 Å². The molecule has 0 saturated heterocycles. The highest BCUT2D eigenvalue weighted by Gasteiger charge is 2.35. The molecule has 0 atom stereocenters. The van der Waals surface area contributed by atoms with E-state index in [1.54, 1.807) is 60.7 Å². The number of hydrogen-bond donors (Lipinski definition) is 2. The van der Waals surface area contributed by atoms with Crippen LogP contribution in [0.4, 0.5) is 28.9 Å². The fourth-order valence-corrected chi connectivity index (χ4v) is 6.95. The first kappa shape index (κ1) is 42.6. The molecule has 1 aliphatic rings. The van der Waals surface area contributed by atoms with Crippen LogP contribution in [0.2, 0.25) is 0 Å². The van der Waals surface area contributed by atoms with Crippen molar-refractivity contribution in [3.8, 4) is 11.5 Å². The number of methoxy groups -OCH3 is 2. The first-order valence-electron chi connectivity index (χ1n) is 18.5. The second kappa shape index (κ2) is 19.1. The number of aliphatic imine (C=N–C) groups is 1. The molecule has 0 aliphatic heterocycles. The molecule has 0 amide bonds. The van der Waals surface area contributed by atoms with Crippen LogP contribution in [0, 0.1) is 11.6 Å². The summed E-state index contributed by atoms with van der Waals surface area (Å²) in [7, 11) is 2.96. The van der Waals surface area contributed by atoms with E-state index in [2.05, 4.69) is 43.0 Å². The highest BCUT2D eigenvalue weighted by Crippen LogP contribution is 2.33. The van der Waals surface area contributed by atoms with Crippen molar-refractivity contribution in [1.82, 2.24) is 24.4 Å². The van der Waals surface area contributed by atoms with E-state index in [0.29, 0.717) is 93.1 Å². The van der Waals surface area contributed by atoms with Gasteiger partial charge in [0.15, 0.2) is 5.11 Å². The summed E-state index contributed by atoms with van der Waals surface area (Å²) in [5, 5.41) is 9.63. The summed E-state index contributed by atoms with van der Waals surface area (Å²) >= 11 is 9.89. The molecule has 6 aromatic rings. The van der Waals surface area contributed by atoms with Crippen LogP contribution in [-0.2, 0) is 25.9 Å². The smallest absolute Gasteiger partial charge is 0.261 e. The zero-order valence-electron chi connectivity index (χ0n) is 32.0. The topological polar surface area (TPSA) is 125 Å². The molecule has 1 aliphatic carbocycles. The van der Waals surface area contributed by atoms with Crippen molar-refractivity contribution in [1.29, 1.82) is 0 Å². The average molecular weight is 846 g/mol. The van der Waals surface area contributed by atoms with E-state index in [1.807, 2.05) is 0 Å². The Bertz CT molecular complexity index is 2660. The largest absolute Gasteiger partial charge is 0.497 e. The maximum absolute atomic E-state index is 14.2. The lowest BCUT2D eigenvalue weighted by Gasteiger charge is -2.29. The lowest BCUT2D eigenvalue weighted by Crippen LogP contribution is -2.42. The molecule has 0 unspecified atom stereocenters. The molecule has 306 valence electrons. The van der Waals surface area contributed by atoms with Gasteiger partial charge in [-0.15, -0.1) is 0 Å². The number of halogens is 4. The molecular weight excluding hydrogens is 807 g/mol. The molecular formula is C42H39F4N7O4S2. The molecule has 0 bridgehead atoms. The van der Waals surface area contributed by atoms with Crippen molar-refractivity contribution in [2.45, 2.75) is 63.6 Å². The fourth-order valence-electron chi connectivity index (χ4n) is 6.56. The van der Waals surface area contributed by atoms with Crippen molar-refractivity contribution in [3.63, 3.8) is 0 Å².